The maximum atomic E-state index is 12.5. The maximum Gasteiger partial charge on any atom is 0.276 e. The van der Waals surface area contributed by atoms with E-state index in [2.05, 4.69) is 49.6 Å². The molecular weight excluding hydrogens is 516 g/mol. The van der Waals surface area contributed by atoms with Crippen LogP contribution in [-0.2, 0) is 4.79 Å². The smallest absolute Gasteiger partial charge is 0.276 e. The number of hydrazine groups is 1. The van der Waals surface area contributed by atoms with Gasteiger partial charge in [-0.25, -0.2) is 0 Å². The number of benzene rings is 2. The zero-order valence-corrected chi connectivity index (χ0v) is 20.3. The van der Waals surface area contributed by atoms with Gasteiger partial charge in [-0.2, -0.15) is 0 Å². The summed E-state index contributed by atoms with van der Waals surface area (Å²) in [6, 6.07) is 10.6. The number of aryl methyl sites for hydroxylation is 1. The molecule has 2 N–H and O–H groups in total. The molecule has 2 amide bonds. The lowest BCUT2D eigenvalue weighted by Crippen LogP contribution is -2.44. The molecule has 0 aliphatic heterocycles. The average molecular weight is 542 g/mol. The SMILES string of the molecule is CCCCCCOc1ccc(Br)cc1C(=O)NNC(=O)COc1ccc(Br)c(C)c1. The van der Waals surface area contributed by atoms with Gasteiger partial charge in [0.1, 0.15) is 11.5 Å². The Labute approximate surface area is 193 Å². The molecule has 0 saturated heterocycles. The average Bonchev–Trinajstić information content (AvgIpc) is 2.73. The van der Waals surface area contributed by atoms with E-state index in [1.165, 1.54) is 0 Å². The van der Waals surface area contributed by atoms with Gasteiger partial charge in [-0.05, 0) is 55.3 Å². The Hall–Kier alpha value is -2.06. The highest BCUT2D eigenvalue weighted by Crippen LogP contribution is 2.24. The van der Waals surface area contributed by atoms with E-state index < -0.39 is 11.8 Å². The van der Waals surface area contributed by atoms with Crippen molar-refractivity contribution in [2.45, 2.75) is 39.5 Å². The van der Waals surface area contributed by atoms with Crippen LogP contribution in [0.3, 0.4) is 0 Å². The number of hydrogen-bond acceptors (Lipinski definition) is 4. The molecule has 0 aromatic heterocycles. The number of carbonyl (C=O) groups is 2. The van der Waals surface area contributed by atoms with Crippen molar-refractivity contribution >= 4 is 43.7 Å². The van der Waals surface area contributed by atoms with E-state index >= 15 is 0 Å². The number of unbranched alkanes of at least 4 members (excludes halogenated alkanes) is 3. The van der Waals surface area contributed by atoms with Crippen molar-refractivity contribution in [2.24, 2.45) is 0 Å². The summed E-state index contributed by atoms with van der Waals surface area (Å²) in [6.45, 7) is 4.39. The fraction of sp³-hybridized carbons (Fsp3) is 0.364. The van der Waals surface area contributed by atoms with Crippen LogP contribution in [0.1, 0.15) is 48.5 Å². The standard InChI is InChI=1S/C22H26Br2N2O4/c1-3-4-5-6-11-29-20-10-7-16(23)13-18(20)22(28)26-25-21(27)14-30-17-8-9-19(24)15(2)12-17/h7-10,12-13H,3-6,11,14H2,1-2H3,(H,25,27)(H,26,28). The van der Waals surface area contributed by atoms with Crippen LogP contribution >= 0.6 is 31.9 Å². The number of rotatable bonds is 10. The van der Waals surface area contributed by atoms with Crippen molar-refractivity contribution in [1.29, 1.82) is 0 Å². The highest BCUT2D eigenvalue weighted by molar-refractivity contribution is 9.10. The van der Waals surface area contributed by atoms with Gasteiger partial charge in [0.15, 0.2) is 6.61 Å². The molecular formula is C22H26Br2N2O4. The quantitative estimate of drug-likeness (QED) is 0.315. The summed E-state index contributed by atoms with van der Waals surface area (Å²) in [5.41, 5.74) is 6.11. The third-order valence-electron chi connectivity index (χ3n) is 4.26. The van der Waals surface area contributed by atoms with Gasteiger partial charge in [0.05, 0.1) is 12.2 Å². The van der Waals surface area contributed by atoms with Gasteiger partial charge in [-0.3, -0.25) is 20.4 Å². The third-order valence-corrected chi connectivity index (χ3v) is 5.64. The Balaban J connectivity index is 1.86. The van der Waals surface area contributed by atoms with Crippen LogP contribution in [0.4, 0.5) is 0 Å². The van der Waals surface area contributed by atoms with Crippen molar-refractivity contribution < 1.29 is 19.1 Å². The minimum Gasteiger partial charge on any atom is -0.493 e. The fourth-order valence-electron chi connectivity index (χ4n) is 2.60. The molecule has 0 heterocycles. The summed E-state index contributed by atoms with van der Waals surface area (Å²) in [5, 5.41) is 0. The molecule has 0 fully saturated rings. The Morgan fingerprint density at radius 3 is 2.50 bits per heavy atom. The van der Waals surface area contributed by atoms with Crippen molar-refractivity contribution in [3.63, 3.8) is 0 Å². The van der Waals surface area contributed by atoms with Crippen LogP contribution in [0.2, 0.25) is 0 Å². The molecule has 0 aliphatic carbocycles. The summed E-state index contributed by atoms with van der Waals surface area (Å²) in [6.07, 6.45) is 4.32. The Bertz CT molecular complexity index is 874. The zero-order valence-electron chi connectivity index (χ0n) is 17.1. The first-order chi connectivity index (χ1) is 14.4. The van der Waals surface area contributed by atoms with Crippen LogP contribution in [0.25, 0.3) is 0 Å². The van der Waals surface area contributed by atoms with Crippen LogP contribution in [0.15, 0.2) is 45.3 Å². The van der Waals surface area contributed by atoms with Crippen LogP contribution in [0.5, 0.6) is 11.5 Å². The fourth-order valence-corrected chi connectivity index (χ4v) is 3.21. The minimum absolute atomic E-state index is 0.222. The van der Waals surface area contributed by atoms with E-state index in [1.807, 2.05) is 25.1 Å². The van der Waals surface area contributed by atoms with Crippen LogP contribution in [-0.4, -0.2) is 25.0 Å². The van der Waals surface area contributed by atoms with Crippen molar-refractivity contribution in [1.82, 2.24) is 10.9 Å². The molecule has 0 aliphatic rings. The number of carbonyl (C=O) groups excluding carboxylic acids is 2. The Morgan fingerprint density at radius 1 is 0.967 bits per heavy atom. The van der Waals surface area contributed by atoms with E-state index in [1.54, 1.807) is 18.2 Å². The molecule has 0 bridgehead atoms. The zero-order chi connectivity index (χ0) is 21.9. The van der Waals surface area contributed by atoms with Gasteiger partial charge in [-0.15, -0.1) is 0 Å². The van der Waals surface area contributed by atoms with Crippen LogP contribution in [0, 0.1) is 6.92 Å². The van der Waals surface area contributed by atoms with Gasteiger partial charge < -0.3 is 9.47 Å². The van der Waals surface area contributed by atoms with E-state index in [0.717, 1.165) is 40.2 Å². The number of ether oxygens (including phenoxy) is 2. The summed E-state index contributed by atoms with van der Waals surface area (Å²) < 4.78 is 12.9. The number of hydrogen-bond donors (Lipinski definition) is 2. The van der Waals surface area contributed by atoms with Crippen molar-refractivity contribution in [2.75, 3.05) is 13.2 Å². The molecule has 0 unspecified atom stereocenters. The van der Waals surface area contributed by atoms with E-state index in [0.29, 0.717) is 23.7 Å². The second kappa shape index (κ2) is 12.6. The predicted molar refractivity (Wildman–Crippen MR) is 124 cm³/mol. The molecule has 8 heteroatoms. The monoisotopic (exact) mass is 540 g/mol. The van der Waals surface area contributed by atoms with Gasteiger partial charge in [0.2, 0.25) is 0 Å². The molecule has 2 aromatic carbocycles. The van der Waals surface area contributed by atoms with Gasteiger partial charge in [-0.1, -0.05) is 58.0 Å². The van der Waals surface area contributed by atoms with Crippen LogP contribution < -0.4 is 20.3 Å². The number of nitrogens with one attached hydrogen (secondary N) is 2. The molecule has 0 saturated carbocycles. The molecule has 2 aromatic rings. The normalized spacial score (nSPS) is 10.4. The molecule has 30 heavy (non-hydrogen) atoms. The second-order valence-corrected chi connectivity index (χ2v) is 8.52. The lowest BCUT2D eigenvalue weighted by atomic mass is 10.2. The molecule has 162 valence electrons. The lowest BCUT2D eigenvalue weighted by Gasteiger charge is -2.13. The van der Waals surface area contributed by atoms with E-state index in [-0.39, 0.29) is 6.61 Å². The first-order valence-corrected chi connectivity index (χ1v) is 11.4. The number of halogens is 2. The minimum atomic E-state index is -0.471. The molecule has 6 nitrogen and oxygen atoms in total. The van der Waals surface area contributed by atoms with E-state index in [4.69, 9.17) is 9.47 Å². The van der Waals surface area contributed by atoms with E-state index in [9.17, 15) is 9.59 Å². The van der Waals surface area contributed by atoms with Crippen molar-refractivity contribution in [3.05, 3.63) is 56.5 Å². The van der Waals surface area contributed by atoms with Gasteiger partial charge in [0.25, 0.3) is 11.8 Å². The maximum absolute atomic E-state index is 12.5. The summed E-state index contributed by atoms with van der Waals surface area (Å²) >= 11 is 6.78. The molecule has 2 rings (SSSR count). The second-order valence-electron chi connectivity index (χ2n) is 6.75. The first kappa shape index (κ1) is 24.2. The molecule has 0 radical (unpaired) electrons. The van der Waals surface area contributed by atoms with Gasteiger partial charge >= 0.3 is 0 Å². The lowest BCUT2D eigenvalue weighted by molar-refractivity contribution is -0.123. The Kier molecular flexibility index (Phi) is 10.2. The predicted octanol–water partition coefficient (Wildman–Crippen LogP) is 5.32. The summed E-state index contributed by atoms with van der Waals surface area (Å²) in [4.78, 5) is 24.6. The topological polar surface area (TPSA) is 76.7 Å². The Morgan fingerprint density at radius 2 is 1.77 bits per heavy atom. The third kappa shape index (κ3) is 7.99. The summed E-state index contributed by atoms with van der Waals surface area (Å²) in [7, 11) is 0. The highest BCUT2D eigenvalue weighted by atomic mass is 79.9. The first-order valence-electron chi connectivity index (χ1n) is 9.81. The van der Waals surface area contributed by atoms with Crippen molar-refractivity contribution in [3.8, 4) is 11.5 Å². The molecule has 0 spiro atoms. The summed E-state index contributed by atoms with van der Waals surface area (Å²) in [5.74, 6) is 0.111. The largest absolute Gasteiger partial charge is 0.493 e. The van der Waals surface area contributed by atoms with Gasteiger partial charge in [0, 0.05) is 8.95 Å². The number of amides is 2. The molecule has 0 atom stereocenters. The highest BCUT2D eigenvalue weighted by Gasteiger charge is 2.14.